The lowest BCUT2D eigenvalue weighted by atomic mass is 10.0. The molecule has 6 rings (SSSR count). The number of hydrogen-bond donors (Lipinski definition) is 1. The van der Waals surface area contributed by atoms with Gasteiger partial charge < -0.3 is 24.6 Å². The highest BCUT2D eigenvalue weighted by molar-refractivity contribution is 7.16. The Labute approximate surface area is 213 Å². The van der Waals surface area contributed by atoms with E-state index in [-0.39, 0.29) is 11.9 Å². The van der Waals surface area contributed by atoms with Crippen molar-refractivity contribution in [3.05, 3.63) is 41.9 Å². The molecule has 0 saturated carbocycles. The maximum atomic E-state index is 15.2. The van der Waals surface area contributed by atoms with Crippen molar-refractivity contribution in [3.63, 3.8) is 0 Å². The number of likely N-dealkylation sites (N-methyl/N-ethyl adjacent to an activating group) is 1. The Morgan fingerprint density at radius 2 is 2.03 bits per heavy atom. The van der Waals surface area contributed by atoms with Crippen LogP contribution >= 0.6 is 11.3 Å². The monoisotopic (exact) mass is 508 g/mol. The molecule has 188 valence electrons. The molecule has 8 nitrogen and oxygen atoms in total. The Bertz CT molecular complexity index is 1410. The summed E-state index contributed by atoms with van der Waals surface area (Å²) in [7, 11) is 2.16. The molecule has 2 saturated heterocycles. The Morgan fingerprint density at radius 1 is 1.17 bits per heavy atom. The number of anilines is 3. The van der Waals surface area contributed by atoms with Crippen molar-refractivity contribution in [2.24, 2.45) is 5.92 Å². The number of hydrogen-bond acceptors (Lipinski definition) is 9. The van der Waals surface area contributed by atoms with Gasteiger partial charge in [-0.1, -0.05) is 0 Å². The molecule has 2 fully saturated rings. The average molecular weight is 509 g/mol. The molecule has 0 aliphatic carbocycles. The zero-order valence-corrected chi connectivity index (χ0v) is 21.4. The first-order chi connectivity index (χ1) is 17.5. The molecular formula is C26H29FN6O2S. The van der Waals surface area contributed by atoms with Gasteiger partial charge >= 0.3 is 0 Å². The van der Waals surface area contributed by atoms with Gasteiger partial charge in [0, 0.05) is 43.3 Å². The van der Waals surface area contributed by atoms with Gasteiger partial charge in [0.25, 0.3) is 0 Å². The minimum Gasteiger partial charge on any atom is -0.489 e. The second-order valence-electron chi connectivity index (χ2n) is 9.71. The summed E-state index contributed by atoms with van der Waals surface area (Å²) in [5.41, 5.74) is 4.45. The van der Waals surface area contributed by atoms with Crippen LogP contribution in [-0.2, 0) is 4.74 Å². The van der Waals surface area contributed by atoms with Gasteiger partial charge in [-0.2, -0.15) is 0 Å². The predicted molar refractivity (Wildman–Crippen MR) is 141 cm³/mol. The van der Waals surface area contributed by atoms with E-state index in [0.717, 1.165) is 36.2 Å². The van der Waals surface area contributed by atoms with Crippen LogP contribution in [0.5, 0.6) is 5.75 Å². The number of benzene rings is 2. The molecule has 0 bridgehead atoms. The summed E-state index contributed by atoms with van der Waals surface area (Å²) in [4.78, 5) is 18.0. The van der Waals surface area contributed by atoms with Crippen LogP contribution in [-0.4, -0.2) is 71.9 Å². The maximum Gasteiger partial charge on any atom is 0.166 e. The van der Waals surface area contributed by atoms with E-state index in [1.54, 1.807) is 11.6 Å². The van der Waals surface area contributed by atoms with E-state index in [9.17, 15) is 0 Å². The lowest BCUT2D eigenvalue weighted by Crippen LogP contribution is -2.50. The summed E-state index contributed by atoms with van der Waals surface area (Å²) in [6.07, 6.45) is 1.47. The van der Waals surface area contributed by atoms with Crippen molar-refractivity contribution in [3.8, 4) is 5.75 Å². The van der Waals surface area contributed by atoms with E-state index in [2.05, 4.69) is 63.1 Å². The second kappa shape index (κ2) is 9.42. The topological polar surface area (TPSA) is 75.6 Å². The van der Waals surface area contributed by atoms with E-state index in [1.165, 1.54) is 17.7 Å². The van der Waals surface area contributed by atoms with Crippen molar-refractivity contribution in [1.29, 1.82) is 0 Å². The molecule has 1 N–H and O–H groups in total. The van der Waals surface area contributed by atoms with E-state index in [0.29, 0.717) is 52.6 Å². The number of nitrogens with one attached hydrogen (secondary N) is 1. The van der Waals surface area contributed by atoms with Crippen LogP contribution in [0, 0.1) is 11.7 Å². The van der Waals surface area contributed by atoms with Gasteiger partial charge in [0.2, 0.25) is 0 Å². The minimum absolute atomic E-state index is 0.0399. The van der Waals surface area contributed by atoms with E-state index < -0.39 is 0 Å². The number of fused-ring (bicyclic) bond motifs is 2. The minimum atomic E-state index is -0.341. The average Bonchev–Trinajstić information content (AvgIpc) is 3.31. The summed E-state index contributed by atoms with van der Waals surface area (Å²) in [5.74, 6) is 1.19. The van der Waals surface area contributed by atoms with Crippen molar-refractivity contribution in [2.45, 2.75) is 26.0 Å². The van der Waals surface area contributed by atoms with Crippen LogP contribution in [0.1, 0.15) is 13.8 Å². The molecule has 0 amide bonds. The zero-order chi connectivity index (χ0) is 24.8. The molecule has 2 atom stereocenters. The number of piperazine rings is 1. The third-order valence-electron chi connectivity index (χ3n) is 7.34. The van der Waals surface area contributed by atoms with Crippen molar-refractivity contribution in [2.75, 3.05) is 50.1 Å². The molecule has 2 aliphatic heterocycles. The van der Waals surface area contributed by atoms with Gasteiger partial charge in [0.1, 0.15) is 24.0 Å². The highest BCUT2D eigenvalue weighted by atomic mass is 32.1. The van der Waals surface area contributed by atoms with Gasteiger partial charge in [-0.05, 0) is 39.1 Å². The second-order valence-corrected chi connectivity index (χ2v) is 10.6. The summed E-state index contributed by atoms with van der Waals surface area (Å²) in [6.45, 7) is 8.52. The van der Waals surface area contributed by atoms with Gasteiger partial charge in [0.05, 0.1) is 45.5 Å². The molecule has 10 heteroatoms. The standard InChI is InChI=1S/C26H29FN6O2S/c1-15-10-33(7-6-32(15)3)18-8-21-23(22(9-18)35-16(2)17-11-34-12-17)26(29-13-28-21)31-19-4-5-20-25(24(19)27)36-14-30-20/h4-5,8-9,13-17H,6-7,10-12H2,1-3H3,(H,28,29,31)/t15-,16-/m0/s1. The van der Waals surface area contributed by atoms with Crippen molar-refractivity contribution in [1.82, 2.24) is 19.9 Å². The van der Waals surface area contributed by atoms with Crippen LogP contribution < -0.4 is 15.0 Å². The fraction of sp³-hybridized carbons (Fsp3) is 0.423. The van der Waals surface area contributed by atoms with Crippen LogP contribution in [0.25, 0.3) is 21.1 Å². The fourth-order valence-corrected chi connectivity index (χ4v) is 5.46. The van der Waals surface area contributed by atoms with Gasteiger partial charge in [-0.3, -0.25) is 0 Å². The maximum absolute atomic E-state index is 15.2. The highest BCUT2D eigenvalue weighted by Crippen LogP contribution is 2.38. The summed E-state index contributed by atoms with van der Waals surface area (Å²) >= 11 is 1.28. The predicted octanol–water partition coefficient (Wildman–Crippen LogP) is 4.68. The quantitative estimate of drug-likeness (QED) is 0.403. The SMILES string of the molecule is C[C@H](Oc1cc(N2CCN(C)[C@@H](C)C2)cc2ncnc(Nc3ccc4ncsc4c3F)c12)C1COC1. The number of nitrogens with zero attached hydrogens (tertiary/aromatic N) is 5. The molecule has 0 unspecified atom stereocenters. The summed E-state index contributed by atoms with van der Waals surface area (Å²) < 4.78 is 27.7. The van der Waals surface area contributed by atoms with Crippen molar-refractivity contribution >= 4 is 49.6 Å². The fourth-order valence-electron chi connectivity index (χ4n) is 4.73. The van der Waals surface area contributed by atoms with E-state index in [1.807, 2.05) is 6.07 Å². The van der Waals surface area contributed by atoms with Gasteiger partial charge in [-0.25, -0.2) is 19.3 Å². The lowest BCUT2D eigenvalue weighted by Gasteiger charge is -2.39. The molecule has 36 heavy (non-hydrogen) atoms. The Kier molecular flexibility index (Phi) is 6.10. The Hall–Kier alpha value is -3.08. The first-order valence-corrected chi connectivity index (χ1v) is 13.1. The molecule has 0 spiro atoms. The molecule has 2 aliphatic rings. The summed E-state index contributed by atoms with van der Waals surface area (Å²) in [6, 6.07) is 8.10. The van der Waals surface area contributed by atoms with Gasteiger partial charge in [0.15, 0.2) is 5.82 Å². The molecule has 4 aromatic rings. The Balaban J connectivity index is 1.42. The van der Waals surface area contributed by atoms with Crippen LogP contribution in [0.2, 0.25) is 0 Å². The van der Waals surface area contributed by atoms with E-state index in [4.69, 9.17) is 9.47 Å². The number of rotatable bonds is 6. The molecule has 0 radical (unpaired) electrons. The first-order valence-electron chi connectivity index (χ1n) is 12.2. The number of thiazole rings is 1. The van der Waals surface area contributed by atoms with E-state index >= 15 is 4.39 Å². The summed E-state index contributed by atoms with van der Waals surface area (Å²) in [5, 5.41) is 3.94. The first kappa shape index (κ1) is 23.3. The van der Waals surface area contributed by atoms with Crippen LogP contribution in [0.15, 0.2) is 36.1 Å². The molecule has 2 aromatic carbocycles. The van der Waals surface area contributed by atoms with Gasteiger partial charge in [-0.15, -0.1) is 11.3 Å². The number of halogens is 1. The highest BCUT2D eigenvalue weighted by Gasteiger charge is 2.29. The number of aromatic nitrogens is 3. The smallest absolute Gasteiger partial charge is 0.166 e. The third-order valence-corrected chi connectivity index (χ3v) is 8.18. The zero-order valence-electron chi connectivity index (χ0n) is 20.6. The molecule has 2 aromatic heterocycles. The third kappa shape index (κ3) is 4.23. The largest absolute Gasteiger partial charge is 0.489 e. The number of ether oxygens (including phenoxy) is 2. The molecular weight excluding hydrogens is 479 g/mol. The normalized spacial score (nSPS) is 20.0. The van der Waals surface area contributed by atoms with Crippen LogP contribution in [0.4, 0.5) is 21.6 Å². The van der Waals surface area contributed by atoms with Crippen LogP contribution in [0.3, 0.4) is 0 Å². The lowest BCUT2D eigenvalue weighted by molar-refractivity contribution is -0.0773. The van der Waals surface area contributed by atoms with Crippen molar-refractivity contribution < 1.29 is 13.9 Å². The molecule has 4 heterocycles. The Morgan fingerprint density at radius 3 is 2.81 bits per heavy atom.